The summed E-state index contributed by atoms with van der Waals surface area (Å²) in [5, 5.41) is 17.9. The molecule has 2 aromatic heterocycles. The Hall–Kier alpha value is -3.16. The molecule has 8 nitrogen and oxygen atoms in total. The normalized spacial score (nSPS) is 12.0. The van der Waals surface area contributed by atoms with E-state index in [0.29, 0.717) is 23.0 Å². The molecule has 1 aromatic carbocycles. The van der Waals surface area contributed by atoms with Crippen LogP contribution in [0.5, 0.6) is 0 Å². The van der Waals surface area contributed by atoms with Gasteiger partial charge in [-0.25, -0.2) is 4.79 Å². The molecule has 3 aromatic rings. The average molecular weight is 340 g/mol. The van der Waals surface area contributed by atoms with Crippen LogP contribution in [0.15, 0.2) is 34.9 Å². The molecule has 1 atom stereocenters. The van der Waals surface area contributed by atoms with Gasteiger partial charge in [-0.2, -0.15) is 5.10 Å². The molecule has 0 aliphatic heterocycles. The summed E-state index contributed by atoms with van der Waals surface area (Å²) in [4.78, 5) is 12.4. The Bertz CT molecular complexity index is 898. The van der Waals surface area contributed by atoms with Crippen LogP contribution in [-0.2, 0) is 7.05 Å². The van der Waals surface area contributed by atoms with Gasteiger partial charge in [-0.15, -0.1) is 10.2 Å². The quantitative estimate of drug-likeness (QED) is 0.761. The second-order valence-corrected chi connectivity index (χ2v) is 5.84. The molecule has 8 heteroatoms. The summed E-state index contributed by atoms with van der Waals surface area (Å²) < 4.78 is 7.19. The van der Waals surface area contributed by atoms with Gasteiger partial charge < -0.3 is 15.1 Å². The number of urea groups is 1. The van der Waals surface area contributed by atoms with E-state index in [-0.39, 0.29) is 12.1 Å². The van der Waals surface area contributed by atoms with Crippen molar-refractivity contribution in [2.45, 2.75) is 26.8 Å². The topological polar surface area (TPSA) is 97.9 Å². The van der Waals surface area contributed by atoms with Gasteiger partial charge in [-0.1, -0.05) is 12.1 Å². The summed E-state index contributed by atoms with van der Waals surface area (Å²) in [5.41, 5.74) is 3.12. The SMILES string of the molecule is Cc1nnc(-c2ccccc2NC(=O)N[C@H](C)c2cn(C)nc2C)o1. The van der Waals surface area contributed by atoms with Crippen molar-refractivity contribution in [1.82, 2.24) is 25.3 Å². The summed E-state index contributed by atoms with van der Waals surface area (Å²) in [5.74, 6) is 0.833. The van der Waals surface area contributed by atoms with Crippen molar-refractivity contribution in [3.63, 3.8) is 0 Å². The van der Waals surface area contributed by atoms with E-state index in [2.05, 4.69) is 25.9 Å². The van der Waals surface area contributed by atoms with Crippen molar-refractivity contribution < 1.29 is 9.21 Å². The minimum absolute atomic E-state index is 0.175. The van der Waals surface area contributed by atoms with Gasteiger partial charge in [-0.3, -0.25) is 4.68 Å². The number of hydrogen-bond donors (Lipinski definition) is 2. The molecule has 0 aliphatic carbocycles. The van der Waals surface area contributed by atoms with E-state index in [0.717, 1.165) is 11.3 Å². The minimum Gasteiger partial charge on any atom is -0.421 e. The van der Waals surface area contributed by atoms with Crippen molar-refractivity contribution in [1.29, 1.82) is 0 Å². The number of carbonyl (C=O) groups excluding carboxylic acids is 1. The van der Waals surface area contributed by atoms with E-state index in [9.17, 15) is 4.79 Å². The Morgan fingerprint density at radius 1 is 1.24 bits per heavy atom. The zero-order valence-electron chi connectivity index (χ0n) is 14.6. The fourth-order valence-electron chi connectivity index (χ4n) is 2.66. The maximum Gasteiger partial charge on any atom is 0.319 e. The lowest BCUT2D eigenvalue weighted by Gasteiger charge is -2.15. The molecule has 0 spiro atoms. The highest BCUT2D eigenvalue weighted by Crippen LogP contribution is 2.26. The lowest BCUT2D eigenvalue weighted by Crippen LogP contribution is -2.31. The first-order chi connectivity index (χ1) is 11.9. The Morgan fingerprint density at radius 2 is 2.00 bits per heavy atom. The van der Waals surface area contributed by atoms with Crippen molar-refractivity contribution in [3.05, 3.63) is 47.6 Å². The highest BCUT2D eigenvalue weighted by molar-refractivity contribution is 5.93. The molecular weight excluding hydrogens is 320 g/mol. The predicted molar refractivity (Wildman–Crippen MR) is 93.0 cm³/mol. The van der Waals surface area contributed by atoms with Crippen molar-refractivity contribution in [2.75, 3.05) is 5.32 Å². The number of para-hydroxylation sites is 1. The molecular formula is C17H20N6O2. The van der Waals surface area contributed by atoms with Gasteiger partial charge in [0.05, 0.1) is 23.0 Å². The first kappa shape index (κ1) is 16.7. The molecule has 0 aliphatic rings. The number of rotatable bonds is 4. The summed E-state index contributed by atoms with van der Waals surface area (Å²) in [6.07, 6.45) is 1.90. The molecule has 3 rings (SSSR count). The van der Waals surface area contributed by atoms with E-state index in [1.165, 1.54) is 0 Å². The van der Waals surface area contributed by atoms with E-state index in [1.807, 2.05) is 45.3 Å². The Balaban J connectivity index is 1.74. The summed E-state index contributed by atoms with van der Waals surface area (Å²) in [6, 6.07) is 6.79. The Kier molecular flexibility index (Phi) is 4.51. The van der Waals surface area contributed by atoms with Crippen LogP contribution in [0, 0.1) is 13.8 Å². The second kappa shape index (κ2) is 6.76. The lowest BCUT2D eigenvalue weighted by atomic mass is 10.1. The van der Waals surface area contributed by atoms with Crippen LogP contribution >= 0.6 is 0 Å². The minimum atomic E-state index is -0.320. The number of benzene rings is 1. The van der Waals surface area contributed by atoms with Crippen LogP contribution in [0.3, 0.4) is 0 Å². The Labute approximate surface area is 145 Å². The molecule has 2 amide bonds. The molecule has 2 heterocycles. The van der Waals surface area contributed by atoms with Gasteiger partial charge in [0.25, 0.3) is 0 Å². The molecule has 0 saturated heterocycles. The van der Waals surface area contributed by atoms with Gasteiger partial charge in [0.1, 0.15) is 0 Å². The van der Waals surface area contributed by atoms with Crippen LogP contribution in [0.25, 0.3) is 11.5 Å². The standard InChI is InChI=1S/C17H20N6O2/c1-10(14-9-23(4)22-11(14)2)18-17(24)19-15-8-6-5-7-13(15)16-21-20-12(3)25-16/h5-10H,1-4H3,(H2,18,19,24)/t10-/m1/s1. The largest absolute Gasteiger partial charge is 0.421 e. The van der Waals surface area contributed by atoms with Crippen LogP contribution in [0.4, 0.5) is 10.5 Å². The summed E-state index contributed by atoms with van der Waals surface area (Å²) in [6.45, 7) is 5.55. The summed E-state index contributed by atoms with van der Waals surface area (Å²) in [7, 11) is 1.85. The van der Waals surface area contributed by atoms with E-state index >= 15 is 0 Å². The third kappa shape index (κ3) is 3.68. The maximum absolute atomic E-state index is 12.4. The molecule has 0 saturated carbocycles. The van der Waals surface area contributed by atoms with Crippen molar-refractivity contribution >= 4 is 11.7 Å². The van der Waals surface area contributed by atoms with Crippen molar-refractivity contribution in [2.24, 2.45) is 7.05 Å². The Morgan fingerprint density at radius 3 is 2.64 bits per heavy atom. The number of amides is 2. The first-order valence-corrected chi connectivity index (χ1v) is 7.91. The van der Waals surface area contributed by atoms with Gasteiger partial charge in [0.2, 0.25) is 11.8 Å². The number of hydrogen-bond acceptors (Lipinski definition) is 5. The zero-order chi connectivity index (χ0) is 18.0. The molecule has 2 N–H and O–H groups in total. The number of nitrogens with one attached hydrogen (secondary N) is 2. The van der Waals surface area contributed by atoms with Crippen LogP contribution < -0.4 is 10.6 Å². The molecule has 0 bridgehead atoms. The van der Waals surface area contributed by atoms with Crippen LogP contribution in [0.1, 0.15) is 30.1 Å². The predicted octanol–water partition coefficient (Wildman–Crippen LogP) is 2.97. The summed E-state index contributed by atoms with van der Waals surface area (Å²) >= 11 is 0. The van der Waals surface area contributed by atoms with E-state index < -0.39 is 0 Å². The van der Waals surface area contributed by atoms with Crippen LogP contribution in [0.2, 0.25) is 0 Å². The molecule has 0 unspecified atom stereocenters. The van der Waals surface area contributed by atoms with Gasteiger partial charge in [0, 0.05) is 25.7 Å². The molecule has 0 radical (unpaired) electrons. The van der Waals surface area contributed by atoms with E-state index in [4.69, 9.17) is 4.42 Å². The highest BCUT2D eigenvalue weighted by Gasteiger charge is 2.16. The highest BCUT2D eigenvalue weighted by atomic mass is 16.4. The zero-order valence-corrected chi connectivity index (χ0v) is 14.6. The fraction of sp³-hybridized carbons (Fsp3) is 0.294. The first-order valence-electron chi connectivity index (χ1n) is 7.91. The third-order valence-corrected chi connectivity index (χ3v) is 3.80. The number of carbonyl (C=O) groups is 1. The molecule has 0 fully saturated rings. The smallest absolute Gasteiger partial charge is 0.319 e. The lowest BCUT2D eigenvalue weighted by molar-refractivity contribution is 0.249. The number of anilines is 1. The van der Waals surface area contributed by atoms with Gasteiger partial charge in [0.15, 0.2) is 0 Å². The maximum atomic E-state index is 12.4. The third-order valence-electron chi connectivity index (χ3n) is 3.80. The molecule has 130 valence electrons. The van der Waals surface area contributed by atoms with Crippen LogP contribution in [-0.4, -0.2) is 26.0 Å². The van der Waals surface area contributed by atoms with Gasteiger partial charge >= 0.3 is 6.03 Å². The molecule has 25 heavy (non-hydrogen) atoms. The van der Waals surface area contributed by atoms with E-state index in [1.54, 1.807) is 17.7 Å². The number of nitrogens with zero attached hydrogens (tertiary/aromatic N) is 4. The number of aryl methyl sites for hydroxylation is 3. The van der Waals surface area contributed by atoms with Gasteiger partial charge in [-0.05, 0) is 26.0 Å². The average Bonchev–Trinajstić information content (AvgIpc) is 3.13. The monoisotopic (exact) mass is 340 g/mol. The number of aromatic nitrogens is 4. The van der Waals surface area contributed by atoms with Crippen molar-refractivity contribution in [3.8, 4) is 11.5 Å². The second-order valence-electron chi connectivity index (χ2n) is 5.84. The fourth-order valence-corrected chi connectivity index (χ4v) is 2.66.